The molecule has 0 aliphatic carbocycles. The maximum absolute atomic E-state index is 11.3. The third kappa shape index (κ3) is 3.99. The Balaban J connectivity index is 3.02. The summed E-state index contributed by atoms with van der Waals surface area (Å²) in [5.74, 6) is -0.131. The van der Waals surface area contributed by atoms with Crippen LogP contribution in [0.4, 0.5) is 5.69 Å². The third-order valence-electron chi connectivity index (χ3n) is 2.07. The monoisotopic (exact) mass is 277 g/mol. The van der Waals surface area contributed by atoms with Crippen molar-refractivity contribution in [2.45, 2.75) is 18.2 Å². The third-order valence-corrected chi connectivity index (χ3v) is 3.26. The molecule has 0 aromatic heterocycles. The van der Waals surface area contributed by atoms with Gasteiger partial charge in [-0.2, -0.15) is 8.42 Å². The van der Waals surface area contributed by atoms with Crippen LogP contribution < -0.4 is 5.32 Å². The van der Waals surface area contributed by atoms with Crippen molar-refractivity contribution >= 4 is 33.3 Å². The number of nitrogens with one attached hydrogen (secondary N) is 1. The summed E-state index contributed by atoms with van der Waals surface area (Å²) in [5.41, 5.74) is 0.709. The van der Waals surface area contributed by atoms with E-state index in [4.69, 9.17) is 16.2 Å². The van der Waals surface area contributed by atoms with Gasteiger partial charge in [0.2, 0.25) is 5.91 Å². The molecular formula is C10H12ClNO4S. The van der Waals surface area contributed by atoms with E-state index in [-0.39, 0.29) is 23.1 Å². The molecule has 0 bridgehead atoms. The summed E-state index contributed by atoms with van der Waals surface area (Å²) in [4.78, 5) is 11.0. The van der Waals surface area contributed by atoms with Gasteiger partial charge in [0.1, 0.15) is 0 Å². The van der Waals surface area contributed by atoms with Crippen LogP contribution in [0.25, 0.3) is 0 Å². The highest BCUT2D eigenvalue weighted by Gasteiger charge is 2.14. The lowest BCUT2D eigenvalue weighted by molar-refractivity contribution is -0.115. The molecular weight excluding hydrogens is 266 g/mol. The van der Waals surface area contributed by atoms with Crippen molar-refractivity contribution in [3.05, 3.63) is 23.8 Å². The van der Waals surface area contributed by atoms with Crippen molar-refractivity contribution < 1.29 is 17.8 Å². The number of carbonyl (C=O) groups is 1. The average Bonchev–Trinajstić information content (AvgIpc) is 2.19. The minimum absolute atomic E-state index is 0.136. The van der Waals surface area contributed by atoms with Gasteiger partial charge < -0.3 is 5.32 Å². The quantitative estimate of drug-likeness (QED) is 0.649. The number of halogens is 1. The van der Waals surface area contributed by atoms with Gasteiger partial charge in [0.05, 0.1) is 4.90 Å². The Morgan fingerprint density at radius 2 is 2.12 bits per heavy atom. The lowest BCUT2D eigenvalue weighted by atomic mass is 10.2. The highest BCUT2D eigenvalue weighted by Crippen LogP contribution is 2.19. The largest absolute Gasteiger partial charge is 0.326 e. The van der Waals surface area contributed by atoms with Gasteiger partial charge in [0.25, 0.3) is 10.1 Å². The molecule has 0 fully saturated rings. The minimum atomic E-state index is -4.28. The molecule has 2 N–H and O–H groups in total. The fraction of sp³-hybridized carbons (Fsp3) is 0.300. The lowest BCUT2D eigenvalue weighted by Gasteiger charge is -2.07. The van der Waals surface area contributed by atoms with E-state index in [1.807, 2.05) is 0 Å². The van der Waals surface area contributed by atoms with E-state index in [2.05, 4.69) is 5.32 Å². The fourth-order valence-corrected chi connectivity index (χ4v) is 2.19. The molecule has 1 rings (SSSR count). The van der Waals surface area contributed by atoms with Crippen molar-refractivity contribution in [2.24, 2.45) is 0 Å². The van der Waals surface area contributed by atoms with Crippen molar-refractivity contribution in [3.8, 4) is 0 Å². The standard InChI is InChI=1S/C10H12ClNO4S/c1-7-2-3-8(12-10(13)4-5-11)6-9(7)17(14,15)16/h2-3,6H,4-5H2,1H3,(H,12,13)(H,14,15,16). The lowest BCUT2D eigenvalue weighted by Crippen LogP contribution is -2.12. The second kappa shape index (κ2) is 5.48. The van der Waals surface area contributed by atoms with Crippen LogP contribution in [0.15, 0.2) is 23.1 Å². The van der Waals surface area contributed by atoms with E-state index in [1.165, 1.54) is 12.1 Å². The molecule has 0 unspecified atom stereocenters. The van der Waals surface area contributed by atoms with Gasteiger partial charge in [0, 0.05) is 18.0 Å². The number of carbonyl (C=O) groups excluding carboxylic acids is 1. The number of alkyl halides is 1. The molecule has 0 aliphatic heterocycles. The van der Waals surface area contributed by atoms with Crippen LogP contribution >= 0.6 is 11.6 Å². The Morgan fingerprint density at radius 3 is 2.65 bits per heavy atom. The first kappa shape index (κ1) is 14.0. The van der Waals surface area contributed by atoms with Crippen LogP contribution in [0.5, 0.6) is 0 Å². The van der Waals surface area contributed by atoms with Crippen LogP contribution in [-0.2, 0) is 14.9 Å². The summed E-state index contributed by atoms with van der Waals surface area (Å²) in [6.45, 7) is 1.55. The summed E-state index contributed by atoms with van der Waals surface area (Å²) in [6, 6.07) is 4.26. The molecule has 0 saturated carbocycles. The number of rotatable bonds is 4. The average molecular weight is 278 g/mol. The van der Waals surface area contributed by atoms with Gasteiger partial charge >= 0.3 is 0 Å². The Bertz CT molecular complexity index is 527. The summed E-state index contributed by atoms with van der Waals surface area (Å²) in [6.07, 6.45) is 0.136. The zero-order valence-corrected chi connectivity index (χ0v) is 10.7. The fourth-order valence-electron chi connectivity index (χ4n) is 1.27. The maximum atomic E-state index is 11.3. The van der Waals surface area contributed by atoms with Crippen LogP contribution in [0.2, 0.25) is 0 Å². The van der Waals surface area contributed by atoms with Crippen LogP contribution in [0, 0.1) is 6.92 Å². The van der Waals surface area contributed by atoms with Crippen molar-refractivity contribution in [1.82, 2.24) is 0 Å². The van der Waals surface area contributed by atoms with E-state index in [0.717, 1.165) is 0 Å². The summed E-state index contributed by atoms with van der Waals surface area (Å²) in [5, 5.41) is 2.48. The Morgan fingerprint density at radius 1 is 1.47 bits per heavy atom. The molecule has 0 spiro atoms. The summed E-state index contributed by atoms with van der Waals surface area (Å²) < 4.78 is 31.0. The van der Waals surface area contributed by atoms with Gasteiger partial charge in [-0.25, -0.2) is 0 Å². The highest BCUT2D eigenvalue weighted by molar-refractivity contribution is 7.85. The van der Waals surface area contributed by atoms with Gasteiger partial charge in [-0.15, -0.1) is 11.6 Å². The molecule has 1 aromatic rings. The van der Waals surface area contributed by atoms with E-state index in [9.17, 15) is 13.2 Å². The van der Waals surface area contributed by atoms with Crippen LogP contribution in [0.1, 0.15) is 12.0 Å². The maximum Gasteiger partial charge on any atom is 0.294 e. The molecule has 1 amide bonds. The molecule has 0 radical (unpaired) electrons. The molecule has 7 heteroatoms. The van der Waals surface area contributed by atoms with Crippen LogP contribution in [0.3, 0.4) is 0 Å². The predicted octanol–water partition coefficient (Wildman–Crippen LogP) is 1.81. The second-order valence-electron chi connectivity index (χ2n) is 3.44. The first-order valence-electron chi connectivity index (χ1n) is 4.78. The van der Waals surface area contributed by atoms with Crippen molar-refractivity contribution in [2.75, 3.05) is 11.2 Å². The van der Waals surface area contributed by atoms with Gasteiger partial charge in [-0.1, -0.05) is 6.07 Å². The molecule has 0 heterocycles. The summed E-state index contributed by atoms with van der Waals surface area (Å²) in [7, 11) is -4.28. The van der Waals surface area contributed by atoms with E-state index in [1.54, 1.807) is 13.0 Å². The zero-order chi connectivity index (χ0) is 13.1. The molecule has 5 nitrogen and oxygen atoms in total. The Hall–Kier alpha value is -1.11. The number of amides is 1. The number of hydrogen-bond acceptors (Lipinski definition) is 3. The smallest absolute Gasteiger partial charge is 0.294 e. The van der Waals surface area contributed by atoms with Gasteiger partial charge in [0.15, 0.2) is 0 Å². The highest BCUT2D eigenvalue weighted by atomic mass is 35.5. The predicted molar refractivity (Wildman–Crippen MR) is 65.0 cm³/mol. The number of benzene rings is 1. The topological polar surface area (TPSA) is 83.5 Å². The minimum Gasteiger partial charge on any atom is -0.326 e. The number of hydrogen-bond donors (Lipinski definition) is 2. The Kier molecular flexibility index (Phi) is 4.50. The van der Waals surface area contributed by atoms with Gasteiger partial charge in [-0.3, -0.25) is 9.35 Å². The van der Waals surface area contributed by atoms with E-state index >= 15 is 0 Å². The SMILES string of the molecule is Cc1ccc(NC(=O)CCCl)cc1S(=O)(=O)O. The second-order valence-corrected chi connectivity index (χ2v) is 5.21. The zero-order valence-electron chi connectivity index (χ0n) is 9.10. The van der Waals surface area contributed by atoms with Crippen molar-refractivity contribution in [3.63, 3.8) is 0 Å². The first-order valence-corrected chi connectivity index (χ1v) is 6.76. The summed E-state index contributed by atoms with van der Waals surface area (Å²) >= 11 is 5.39. The molecule has 0 aliphatic rings. The van der Waals surface area contributed by atoms with Crippen LogP contribution in [-0.4, -0.2) is 24.8 Å². The first-order chi connectivity index (χ1) is 7.84. The number of anilines is 1. The molecule has 0 saturated heterocycles. The number of aryl methyl sites for hydroxylation is 1. The molecule has 94 valence electrons. The molecule has 0 atom stereocenters. The Labute approximate surface area is 105 Å². The van der Waals surface area contributed by atoms with Gasteiger partial charge in [-0.05, 0) is 24.6 Å². The van der Waals surface area contributed by atoms with E-state index < -0.39 is 10.1 Å². The van der Waals surface area contributed by atoms with Crippen molar-refractivity contribution in [1.29, 1.82) is 0 Å². The normalized spacial score (nSPS) is 11.2. The van der Waals surface area contributed by atoms with E-state index in [0.29, 0.717) is 11.3 Å². The molecule has 1 aromatic carbocycles. The molecule has 17 heavy (non-hydrogen) atoms.